The minimum atomic E-state index is -4.33. The van der Waals surface area contributed by atoms with Gasteiger partial charge in [-0.15, -0.1) is 0 Å². The van der Waals surface area contributed by atoms with Gasteiger partial charge in [0, 0.05) is 32.2 Å². The highest BCUT2D eigenvalue weighted by molar-refractivity contribution is 5.46. The summed E-state index contributed by atoms with van der Waals surface area (Å²) in [6.07, 6.45) is -2.11. The van der Waals surface area contributed by atoms with Crippen molar-refractivity contribution in [3.63, 3.8) is 0 Å². The number of ether oxygens (including phenoxy) is 1. The standard InChI is InChI=1S/C26H35F3N2O/c1-19(2)13-15-31-16-14-25(20-5-9-23(10-6-20)30(3)4)21(17-31)18-32-24-11-7-22(8-12-24)26(27,28)29/h5-12,19,21,25H,13-18H2,1-4H3/t21-,25-/m0/s1. The topological polar surface area (TPSA) is 15.7 Å². The van der Waals surface area contributed by atoms with Crippen LogP contribution in [0.3, 0.4) is 0 Å². The van der Waals surface area contributed by atoms with E-state index >= 15 is 0 Å². The van der Waals surface area contributed by atoms with E-state index in [1.54, 1.807) is 0 Å². The fourth-order valence-corrected chi connectivity index (χ4v) is 4.32. The van der Waals surface area contributed by atoms with Crippen LogP contribution in [-0.4, -0.2) is 45.2 Å². The summed E-state index contributed by atoms with van der Waals surface area (Å²) in [4.78, 5) is 4.59. The molecule has 6 heteroatoms. The number of hydrogen-bond donors (Lipinski definition) is 0. The molecule has 1 aliphatic heterocycles. The Bertz CT molecular complexity index is 832. The highest BCUT2D eigenvalue weighted by atomic mass is 19.4. The number of piperidine rings is 1. The van der Waals surface area contributed by atoms with Gasteiger partial charge in [-0.2, -0.15) is 13.2 Å². The first kappa shape index (κ1) is 24.4. The lowest BCUT2D eigenvalue weighted by molar-refractivity contribution is -0.137. The first-order valence-corrected chi connectivity index (χ1v) is 11.4. The SMILES string of the molecule is CC(C)CCN1CC[C@@H](c2ccc(N(C)C)cc2)[C@H](COc2ccc(C(F)(F)F)cc2)C1. The number of rotatable bonds is 8. The van der Waals surface area contributed by atoms with Crippen molar-refractivity contribution in [1.29, 1.82) is 0 Å². The first-order chi connectivity index (χ1) is 15.1. The van der Waals surface area contributed by atoms with Crippen LogP contribution in [0.2, 0.25) is 0 Å². The van der Waals surface area contributed by atoms with E-state index in [-0.39, 0.29) is 5.92 Å². The molecule has 0 spiro atoms. The van der Waals surface area contributed by atoms with E-state index in [1.807, 2.05) is 14.1 Å². The number of alkyl halides is 3. The van der Waals surface area contributed by atoms with Crippen molar-refractivity contribution in [3.05, 3.63) is 59.7 Å². The normalized spacial score (nSPS) is 19.9. The Morgan fingerprint density at radius 1 is 1.03 bits per heavy atom. The zero-order valence-electron chi connectivity index (χ0n) is 19.5. The number of likely N-dealkylation sites (tertiary alicyclic amines) is 1. The molecule has 0 amide bonds. The predicted molar refractivity (Wildman–Crippen MR) is 124 cm³/mol. The number of anilines is 1. The molecule has 0 bridgehead atoms. The van der Waals surface area contributed by atoms with E-state index in [9.17, 15) is 13.2 Å². The molecule has 0 unspecified atom stereocenters. The van der Waals surface area contributed by atoms with Crippen LogP contribution in [0, 0.1) is 11.8 Å². The van der Waals surface area contributed by atoms with E-state index in [1.165, 1.54) is 23.4 Å². The van der Waals surface area contributed by atoms with Gasteiger partial charge in [-0.3, -0.25) is 0 Å². The molecule has 0 N–H and O–H groups in total. The van der Waals surface area contributed by atoms with Crippen LogP contribution >= 0.6 is 0 Å². The van der Waals surface area contributed by atoms with Crippen LogP contribution in [0.1, 0.15) is 43.7 Å². The van der Waals surface area contributed by atoms with Crippen LogP contribution < -0.4 is 9.64 Å². The smallest absolute Gasteiger partial charge is 0.416 e. The summed E-state index contributed by atoms with van der Waals surface area (Å²) in [6, 6.07) is 13.7. The molecule has 3 rings (SSSR count). The molecule has 0 radical (unpaired) electrons. The van der Waals surface area contributed by atoms with Crippen LogP contribution in [0.5, 0.6) is 5.75 Å². The Morgan fingerprint density at radius 2 is 1.69 bits per heavy atom. The third-order valence-corrected chi connectivity index (χ3v) is 6.32. The molecular weight excluding hydrogens is 413 g/mol. The third-order valence-electron chi connectivity index (χ3n) is 6.32. The van der Waals surface area contributed by atoms with Gasteiger partial charge < -0.3 is 14.5 Å². The van der Waals surface area contributed by atoms with Gasteiger partial charge in [0.2, 0.25) is 0 Å². The van der Waals surface area contributed by atoms with Gasteiger partial charge in [-0.05, 0) is 79.7 Å². The molecule has 176 valence electrons. The Kier molecular flexibility index (Phi) is 8.10. The van der Waals surface area contributed by atoms with Gasteiger partial charge in [0.1, 0.15) is 5.75 Å². The van der Waals surface area contributed by atoms with Crippen molar-refractivity contribution in [1.82, 2.24) is 4.90 Å². The van der Waals surface area contributed by atoms with Crippen molar-refractivity contribution in [3.8, 4) is 5.75 Å². The molecule has 0 aromatic heterocycles. The van der Waals surface area contributed by atoms with Crippen LogP contribution in [0.25, 0.3) is 0 Å². The van der Waals surface area contributed by atoms with Gasteiger partial charge in [0.15, 0.2) is 0 Å². The summed E-state index contributed by atoms with van der Waals surface area (Å²) in [5.41, 5.74) is 1.82. The number of benzene rings is 2. The molecule has 0 saturated carbocycles. The average molecular weight is 449 g/mol. The van der Waals surface area contributed by atoms with Gasteiger partial charge in [0.05, 0.1) is 12.2 Å². The molecule has 2 atom stereocenters. The Labute approximate surface area is 190 Å². The van der Waals surface area contributed by atoms with Gasteiger partial charge in [-0.1, -0.05) is 26.0 Å². The summed E-state index contributed by atoms with van der Waals surface area (Å²) in [6.45, 7) is 8.04. The third kappa shape index (κ3) is 6.64. The van der Waals surface area contributed by atoms with E-state index in [4.69, 9.17) is 4.74 Å². The predicted octanol–water partition coefficient (Wildman–Crippen LogP) is 6.30. The minimum Gasteiger partial charge on any atom is -0.493 e. The summed E-state index contributed by atoms with van der Waals surface area (Å²) in [5, 5.41) is 0. The second-order valence-electron chi connectivity index (χ2n) is 9.46. The molecule has 2 aromatic carbocycles. The summed E-state index contributed by atoms with van der Waals surface area (Å²) in [7, 11) is 4.06. The largest absolute Gasteiger partial charge is 0.493 e. The summed E-state index contributed by atoms with van der Waals surface area (Å²) in [5.74, 6) is 1.80. The zero-order chi connectivity index (χ0) is 23.3. The quantitative estimate of drug-likeness (QED) is 0.471. The number of nitrogens with zero attached hydrogens (tertiary/aromatic N) is 2. The lowest BCUT2D eigenvalue weighted by Crippen LogP contribution is -2.42. The van der Waals surface area contributed by atoms with Crippen molar-refractivity contribution < 1.29 is 17.9 Å². The molecule has 1 saturated heterocycles. The van der Waals surface area contributed by atoms with Crippen molar-refractivity contribution in [2.24, 2.45) is 11.8 Å². The Balaban J connectivity index is 1.71. The molecule has 1 fully saturated rings. The lowest BCUT2D eigenvalue weighted by atomic mass is 9.80. The monoisotopic (exact) mass is 448 g/mol. The molecule has 3 nitrogen and oxygen atoms in total. The fourth-order valence-electron chi connectivity index (χ4n) is 4.32. The number of hydrogen-bond acceptors (Lipinski definition) is 3. The summed E-state index contributed by atoms with van der Waals surface area (Å²) < 4.78 is 44.5. The maximum Gasteiger partial charge on any atom is 0.416 e. The van der Waals surface area contributed by atoms with Crippen molar-refractivity contribution in [2.75, 3.05) is 45.2 Å². The van der Waals surface area contributed by atoms with Crippen molar-refractivity contribution >= 4 is 5.69 Å². The maximum absolute atomic E-state index is 12.8. The van der Waals surface area contributed by atoms with Crippen LogP contribution in [0.4, 0.5) is 18.9 Å². The van der Waals surface area contributed by atoms with Crippen molar-refractivity contribution in [2.45, 2.75) is 38.8 Å². The van der Waals surface area contributed by atoms with Gasteiger partial charge in [-0.25, -0.2) is 0 Å². The van der Waals surface area contributed by atoms with Gasteiger partial charge >= 0.3 is 6.18 Å². The highest BCUT2D eigenvalue weighted by Gasteiger charge is 2.32. The highest BCUT2D eigenvalue weighted by Crippen LogP contribution is 2.35. The maximum atomic E-state index is 12.8. The van der Waals surface area contributed by atoms with E-state index in [0.717, 1.165) is 44.6 Å². The minimum absolute atomic E-state index is 0.281. The second-order valence-corrected chi connectivity index (χ2v) is 9.46. The molecule has 2 aromatic rings. The first-order valence-electron chi connectivity index (χ1n) is 11.4. The van der Waals surface area contributed by atoms with E-state index < -0.39 is 11.7 Å². The van der Waals surface area contributed by atoms with Crippen LogP contribution in [0.15, 0.2) is 48.5 Å². The fraction of sp³-hybridized carbons (Fsp3) is 0.538. The molecule has 0 aliphatic carbocycles. The van der Waals surface area contributed by atoms with E-state index in [0.29, 0.717) is 24.2 Å². The zero-order valence-corrected chi connectivity index (χ0v) is 19.5. The molecular formula is C26H35F3N2O. The van der Waals surface area contributed by atoms with Gasteiger partial charge in [0.25, 0.3) is 0 Å². The second kappa shape index (κ2) is 10.6. The number of halogens is 3. The molecule has 32 heavy (non-hydrogen) atoms. The average Bonchev–Trinajstić information content (AvgIpc) is 2.76. The molecule has 1 heterocycles. The lowest BCUT2D eigenvalue weighted by Gasteiger charge is -2.39. The Morgan fingerprint density at radius 3 is 2.25 bits per heavy atom. The Hall–Kier alpha value is -2.21. The summed E-state index contributed by atoms with van der Waals surface area (Å²) >= 11 is 0. The van der Waals surface area contributed by atoms with Crippen LogP contribution in [-0.2, 0) is 6.18 Å². The molecule has 1 aliphatic rings. The van der Waals surface area contributed by atoms with E-state index in [2.05, 4.69) is 47.9 Å².